The molecule has 0 aromatic rings. The number of nitrogens with zero attached hydrogens (tertiary/aromatic N) is 3. The second-order valence-corrected chi connectivity index (χ2v) is 9.40. The second-order valence-electron chi connectivity index (χ2n) is 9.40. The predicted molar refractivity (Wildman–Crippen MR) is 135 cm³/mol. The Morgan fingerprint density at radius 3 is 1.72 bits per heavy atom. The van der Waals surface area contributed by atoms with Gasteiger partial charge in [-0.15, -0.1) is 0 Å². The lowest BCUT2D eigenvalue weighted by Gasteiger charge is -2.22. The average molecular weight is 451 g/mol. The van der Waals surface area contributed by atoms with Crippen molar-refractivity contribution in [2.24, 2.45) is 22.6 Å². The first kappa shape index (κ1) is 28.8. The maximum Gasteiger partial charge on any atom is 0.233 e. The number of rotatable bonds is 21. The average Bonchev–Trinajstić information content (AvgIpc) is 3.02. The van der Waals surface area contributed by atoms with Crippen LogP contribution in [0.1, 0.15) is 104 Å². The highest BCUT2D eigenvalue weighted by Crippen LogP contribution is 2.34. The highest BCUT2D eigenvalue weighted by atomic mass is 16.2. The number of nitrogens with two attached hydrogens (primary N) is 1. The van der Waals surface area contributed by atoms with Gasteiger partial charge in [-0.1, -0.05) is 90.9 Å². The number of hydrogen-bond donors (Lipinski definition) is 1. The SMILES string of the molecule is C=NCCN(CN)CCN1C(=O)C(CCCCCCCC)C(CCCCCCCC)C1=O. The maximum atomic E-state index is 13.2. The van der Waals surface area contributed by atoms with Crippen molar-refractivity contribution in [2.75, 3.05) is 32.8 Å². The molecule has 0 aromatic heterocycles. The van der Waals surface area contributed by atoms with Crippen molar-refractivity contribution in [3.05, 3.63) is 0 Å². The van der Waals surface area contributed by atoms with Gasteiger partial charge in [0.25, 0.3) is 0 Å². The van der Waals surface area contributed by atoms with Crippen LogP contribution < -0.4 is 5.73 Å². The molecule has 6 heteroatoms. The van der Waals surface area contributed by atoms with Crippen LogP contribution in [0.5, 0.6) is 0 Å². The lowest BCUT2D eigenvalue weighted by Crippen LogP contribution is -2.41. The molecule has 0 spiro atoms. The third-order valence-corrected chi connectivity index (χ3v) is 6.86. The van der Waals surface area contributed by atoms with Gasteiger partial charge in [-0.2, -0.15) is 0 Å². The van der Waals surface area contributed by atoms with E-state index in [1.807, 2.05) is 4.90 Å². The van der Waals surface area contributed by atoms with E-state index in [0.29, 0.717) is 32.8 Å². The predicted octanol–water partition coefficient (Wildman–Crippen LogP) is 5.01. The minimum Gasteiger partial charge on any atom is -0.318 e. The van der Waals surface area contributed by atoms with Gasteiger partial charge in [0.05, 0.1) is 18.4 Å². The Morgan fingerprint density at radius 1 is 0.812 bits per heavy atom. The first-order chi connectivity index (χ1) is 15.6. The van der Waals surface area contributed by atoms with Crippen LogP contribution in [0.25, 0.3) is 0 Å². The smallest absolute Gasteiger partial charge is 0.233 e. The van der Waals surface area contributed by atoms with Crippen LogP contribution in [-0.4, -0.2) is 61.2 Å². The highest BCUT2D eigenvalue weighted by Gasteiger charge is 2.46. The van der Waals surface area contributed by atoms with E-state index in [0.717, 1.165) is 38.5 Å². The van der Waals surface area contributed by atoms with E-state index >= 15 is 0 Å². The van der Waals surface area contributed by atoms with Gasteiger partial charge >= 0.3 is 0 Å². The van der Waals surface area contributed by atoms with E-state index in [4.69, 9.17) is 5.73 Å². The number of carbonyl (C=O) groups is 2. The van der Waals surface area contributed by atoms with Gasteiger partial charge in [0.15, 0.2) is 0 Å². The number of likely N-dealkylation sites (tertiary alicyclic amines) is 1. The molecule has 6 nitrogen and oxygen atoms in total. The molecule has 2 unspecified atom stereocenters. The molecule has 1 aliphatic rings. The Morgan fingerprint density at radius 2 is 1.28 bits per heavy atom. The molecule has 0 aromatic carbocycles. The Hall–Kier alpha value is -1.27. The number of aliphatic imine (C=N–C) groups is 1. The van der Waals surface area contributed by atoms with Crippen molar-refractivity contribution in [1.29, 1.82) is 0 Å². The second kappa shape index (κ2) is 18.2. The Kier molecular flexibility index (Phi) is 16.3. The largest absolute Gasteiger partial charge is 0.318 e. The summed E-state index contributed by atoms with van der Waals surface area (Å²) in [5.41, 5.74) is 5.83. The maximum absolute atomic E-state index is 13.2. The zero-order valence-electron chi connectivity index (χ0n) is 21.0. The Balaban J connectivity index is 2.63. The molecule has 0 radical (unpaired) electrons. The van der Waals surface area contributed by atoms with Crippen molar-refractivity contribution in [2.45, 2.75) is 104 Å². The molecule has 0 bridgehead atoms. The third-order valence-electron chi connectivity index (χ3n) is 6.86. The van der Waals surface area contributed by atoms with Crippen molar-refractivity contribution in [3.63, 3.8) is 0 Å². The standard InChI is InChI=1S/C26H50N4O2/c1-4-6-8-10-12-14-16-23-24(17-15-13-11-9-7-5-2)26(32)30(25(23)31)21-20-29(22-27)19-18-28-3/h23-24H,3-22,27H2,1-2H3. The fourth-order valence-corrected chi connectivity index (χ4v) is 4.76. The summed E-state index contributed by atoms with van der Waals surface area (Å²) in [5.74, 6) is -0.132. The zero-order chi connectivity index (χ0) is 23.6. The Labute approximate surface area is 197 Å². The van der Waals surface area contributed by atoms with Gasteiger partial charge < -0.3 is 5.73 Å². The van der Waals surface area contributed by atoms with Crippen molar-refractivity contribution < 1.29 is 9.59 Å². The summed E-state index contributed by atoms with van der Waals surface area (Å²) >= 11 is 0. The summed E-state index contributed by atoms with van der Waals surface area (Å²) in [4.78, 5) is 33.9. The van der Waals surface area contributed by atoms with Gasteiger partial charge in [0.2, 0.25) is 11.8 Å². The summed E-state index contributed by atoms with van der Waals surface area (Å²) in [7, 11) is 0. The van der Waals surface area contributed by atoms with Crippen LogP contribution >= 0.6 is 0 Å². The van der Waals surface area contributed by atoms with E-state index in [-0.39, 0.29) is 23.7 Å². The van der Waals surface area contributed by atoms with E-state index in [2.05, 4.69) is 25.6 Å². The molecular weight excluding hydrogens is 400 g/mol. The van der Waals surface area contributed by atoms with Crippen LogP contribution in [0.2, 0.25) is 0 Å². The van der Waals surface area contributed by atoms with Gasteiger partial charge in [0.1, 0.15) is 0 Å². The molecule has 186 valence electrons. The summed E-state index contributed by atoms with van der Waals surface area (Å²) in [5, 5.41) is 0. The fraction of sp³-hybridized carbons (Fsp3) is 0.885. The van der Waals surface area contributed by atoms with Crippen LogP contribution in [-0.2, 0) is 9.59 Å². The first-order valence-corrected chi connectivity index (χ1v) is 13.3. The lowest BCUT2D eigenvalue weighted by atomic mass is 9.86. The quantitative estimate of drug-likeness (QED) is 0.115. The number of unbranched alkanes of at least 4 members (excludes halogenated alkanes) is 10. The van der Waals surface area contributed by atoms with E-state index < -0.39 is 0 Å². The normalized spacial score (nSPS) is 18.8. The zero-order valence-corrected chi connectivity index (χ0v) is 21.0. The number of hydrogen-bond acceptors (Lipinski definition) is 5. The fourth-order valence-electron chi connectivity index (χ4n) is 4.76. The van der Waals surface area contributed by atoms with Gasteiger partial charge in [-0.25, -0.2) is 0 Å². The molecule has 0 saturated carbocycles. The monoisotopic (exact) mass is 450 g/mol. The van der Waals surface area contributed by atoms with Crippen molar-refractivity contribution in [1.82, 2.24) is 9.80 Å². The molecule has 0 aliphatic carbocycles. The van der Waals surface area contributed by atoms with Crippen LogP contribution in [0, 0.1) is 11.8 Å². The topological polar surface area (TPSA) is 79.0 Å². The van der Waals surface area contributed by atoms with Gasteiger partial charge in [0, 0.05) is 26.3 Å². The van der Waals surface area contributed by atoms with Gasteiger partial charge in [-0.05, 0) is 19.6 Å². The summed E-state index contributed by atoms with van der Waals surface area (Å²) in [6.07, 6.45) is 16.2. The molecule has 2 N–H and O–H groups in total. The van der Waals surface area contributed by atoms with E-state index in [1.54, 1.807) is 0 Å². The summed E-state index contributed by atoms with van der Waals surface area (Å²) in [6.45, 7) is 10.7. The summed E-state index contributed by atoms with van der Waals surface area (Å²) < 4.78 is 0. The number of imide groups is 1. The molecule has 1 aliphatic heterocycles. The molecule has 1 saturated heterocycles. The van der Waals surface area contributed by atoms with Crippen molar-refractivity contribution in [3.8, 4) is 0 Å². The van der Waals surface area contributed by atoms with Crippen LogP contribution in [0.15, 0.2) is 4.99 Å². The highest BCUT2D eigenvalue weighted by molar-refractivity contribution is 6.05. The van der Waals surface area contributed by atoms with Crippen LogP contribution in [0.4, 0.5) is 0 Å². The first-order valence-electron chi connectivity index (χ1n) is 13.3. The van der Waals surface area contributed by atoms with Crippen molar-refractivity contribution >= 4 is 18.5 Å². The summed E-state index contributed by atoms with van der Waals surface area (Å²) in [6, 6.07) is 0. The lowest BCUT2D eigenvalue weighted by molar-refractivity contribution is -0.140. The molecular formula is C26H50N4O2. The molecule has 1 heterocycles. The molecule has 2 atom stereocenters. The van der Waals surface area contributed by atoms with Crippen LogP contribution in [0.3, 0.4) is 0 Å². The van der Waals surface area contributed by atoms with Gasteiger partial charge in [-0.3, -0.25) is 24.4 Å². The third kappa shape index (κ3) is 10.6. The molecule has 1 fully saturated rings. The van der Waals surface area contributed by atoms with E-state index in [9.17, 15) is 9.59 Å². The molecule has 1 rings (SSSR count). The van der Waals surface area contributed by atoms with E-state index in [1.165, 1.54) is 56.3 Å². The minimum atomic E-state index is -0.120. The Bertz CT molecular complexity index is 492. The molecule has 32 heavy (non-hydrogen) atoms. The number of amides is 2. The number of carbonyl (C=O) groups excluding carboxylic acids is 2. The minimum absolute atomic E-state index is 0.0540. The molecule has 2 amide bonds.